The predicted molar refractivity (Wildman–Crippen MR) is 77.0 cm³/mol. The SMILES string of the molecule is CCc1nn(C)c(Sc2ccc(C)cc2C)c1N. The molecule has 2 rings (SSSR count). The van der Waals surface area contributed by atoms with Crippen LogP contribution < -0.4 is 5.73 Å². The summed E-state index contributed by atoms with van der Waals surface area (Å²) in [6, 6.07) is 6.46. The number of benzene rings is 1. The number of nitrogens with zero attached hydrogens (tertiary/aromatic N) is 2. The average Bonchev–Trinajstić information content (AvgIpc) is 2.59. The minimum atomic E-state index is 0.810. The number of aromatic nitrogens is 2. The van der Waals surface area contributed by atoms with Crippen LogP contribution in [0.4, 0.5) is 5.69 Å². The van der Waals surface area contributed by atoms with Gasteiger partial charge in [-0.2, -0.15) is 5.10 Å². The Morgan fingerprint density at radius 2 is 2.06 bits per heavy atom. The molecule has 2 aromatic rings. The van der Waals surface area contributed by atoms with Gasteiger partial charge in [-0.05, 0) is 31.9 Å². The van der Waals surface area contributed by atoms with Gasteiger partial charge in [-0.1, -0.05) is 36.4 Å². The van der Waals surface area contributed by atoms with Gasteiger partial charge < -0.3 is 5.73 Å². The molecule has 0 unspecified atom stereocenters. The molecule has 0 fully saturated rings. The van der Waals surface area contributed by atoms with Crippen molar-refractivity contribution in [2.24, 2.45) is 7.05 Å². The van der Waals surface area contributed by atoms with E-state index < -0.39 is 0 Å². The zero-order chi connectivity index (χ0) is 13.3. The summed E-state index contributed by atoms with van der Waals surface area (Å²) in [5.74, 6) is 0. The highest BCUT2D eigenvalue weighted by atomic mass is 32.2. The molecule has 4 heteroatoms. The number of nitrogens with two attached hydrogens (primary N) is 1. The minimum absolute atomic E-state index is 0.810. The van der Waals surface area contributed by atoms with Crippen LogP contribution in [0.15, 0.2) is 28.1 Å². The first kappa shape index (κ1) is 13.0. The lowest BCUT2D eigenvalue weighted by Crippen LogP contribution is -1.94. The molecule has 0 aliphatic carbocycles. The highest BCUT2D eigenvalue weighted by Crippen LogP contribution is 2.35. The molecule has 96 valence electrons. The van der Waals surface area contributed by atoms with Crippen molar-refractivity contribution >= 4 is 17.4 Å². The van der Waals surface area contributed by atoms with Crippen molar-refractivity contribution in [1.29, 1.82) is 0 Å². The van der Waals surface area contributed by atoms with Gasteiger partial charge in [0.25, 0.3) is 0 Å². The maximum atomic E-state index is 6.14. The molecule has 0 amide bonds. The summed E-state index contributed by atoms with van der Waals surface area (Å²) >= 11 is 1.69. The van der Waals surface area contributed by atoms with E-state index >= 15 is 0 Å². The summed E-state index contributed by atoms with van der Waals surface area (Å²) in [6.45, 7) is 6.31. The van der Waals surface area contributed by atoms with Crippen LogP contribution in [0.5, 0.6) is 0 Å². The maximum absolute atomic E-state index is 6.14. The third-order valence-corrected chi connectivity index (χ3v) is 4.33. The van der Waals surface area contributed by atoms with Crippen molar-refractivity contribution in [3.05, 3.63) is 35.0 Å². The van der Waals surface area contributed by atoms with Gasteiger partial charge in [-0.3, -0.25) is 4.68 Å². The molecule has 3 nitrogen and oxygen atoms in total. The molecule has 0 aliphatic rings. The van der Waals surface area contributed by atoms with Crippen LogP contribution in [0, 0.1) is 13.8 Å². The molecular formula is C14H19N3S. The summed E-state index contributed by atoms with van der Waals surface area (Å²) in [7, 11) is 1.95. The summed E-state index contributed by atoms with van der Waals surface area (Å²) < 4.78 is 1.87. The van der Waals surface area contributed by atoms with Crippen LogP contribution in [0.2, 0.25) is 0 Å². The third kappa shape index (κ3) is 2.38. The zero-order valence-electron chi connectivity index (χ0n) is 11.3. The second-order valence-corrected chi connectivity index (χ2v) is 5.54. The van der Waals surface area contributed by atoms with Crippen molar-refractivity contribution in [1.82, 2.24) is 9.78 Å². The number of hydrogen-bond acceptors (Lipinski definition) is 3. The standard InChI is InChI=1S/C14H19N3S/c1-5-11-13(15)14(17(4)16-11)18-12-7-6-9(2)8-10(12)3/h6-8H,5,15H2,1-4H3. The van der Waals surface area contributed by atoms with Gasteiger partial charge in [0.15, 0.2) is 0 Å². The molecule has 0 aliphatic heterocycles. The van der Waals surface area contributed by atoms with Gasteiger partial charge >= 0.3 is 0 Å². The molecule has 1 aromatic carbocycles. The van der Waals surface area contributed by atoms with E-state index in [0.717, 1.165) is 22.8 Å². The van der Waals surface area contributed by atoms with E-state index in [4.69, 9.17) is 5.73 Å². The van der Waals surface area contributed by atoms with Crippen LogP contribution in [0.1, 0.15) is 23.7 Å². The third-order valence-electron chi connectivity index (χ3n) is 2.98. The Morgan fingerprint density at radius 1 is 1.33 bits per heavy atom. The summed E-state index contributed by atoms with van der Waals surface area (Å²) in [5, 5.41) is 5.47. The van der Waals surface area contributed by atoms with E-state index in [1.165, 1.54) is 16.0 Å². The van der Waals surface area contributed by atoms with Gasteiger partial charge in [0.05, 0.1) is 11.4 Å². The molecule has 1 heterocycles. The minimum Gasteiger partial charge on any atom is -0.395 e. The Hall–Kier alpha value is -1.42. The van der Waals surface area contributed by atoms with Crippen molar-refractivity contribution in [2.75, 3.05) is 5.73 Å². The molecule has 0 atom stereocenters. The fourth-order valence-electron chi connectivity index (χ4n) is 1.98. The first-order valence-corrected chi connectivity index (χ1v) is 6.91. The number of anilines is 1. The van der Waals surface area contributed by atoms with Gasteiger partial charge in [0.1, 0.15) is 5.03 Å². The lowest BCUT2D eigenvalue weighted by Gasteiger charge is -2.07. The highest BCUT2D eigenvalue weighted by molar-refractivity contribution is 7.99. The van der Waals surface area contributed by atoms with Crippen molar-refractivity contribution < 1.29 is 0 Å². The Kier molecular flexibility index (Phi) is 3.66. The fourth-order valence-corrected chi connectivity index (χ4v) is 2.94. The lowest BCUT2D eigenvalue weighted by atomic mass is 10.2. The normalized spacial score (nSPS) is 10.9. The van der Waals surface area contributed by atoms with Crippen LogP contribution >= 0.6 is 11.8 Å². The molecule has 0 bridgehead atoms. The Labute approximate surface area is 112 Å². The van der Waals surface area contributed by atoms with Crippen LogP contribution in [-0.2, 0) is 13.5 Å². The Bertz CT molecular complexity index is 573. The van der Waals surface area contributed by atoms with E-state index in [0.29, 0.717) is 0 Å². The van der Waals surface area contributed by atoms with Crippen molar-refractivity contribution in [3.8, 4) is 0 Å². The summed E-state index contributed by atoms with van der Waals surface area (Å²) in [4.78, 5) is 1.23. The summed E-state index contributed by atoms with van der Waals surface area (Å²) in [5.41, 5.74) is 10.5. The average molecular weight is 261 g/mol. The van der Waals surface area contributed by atoms with Gasteiger partial charge in [-0.15, -0.1) is 0 Å². The summed E-state index contributed by atoms with van der Waals surface area (Å²) in [6.07, 6.45) is 0.868. The van der Waals surface area contributed by atoms with Gasteiger partial charge in [-0.25, -0.2) is 0 Å². The maximum Gasteiger partial charge on any atom is 0.122 e. The predicted octanol–water partition coefficient (Wildman–Crippen LogP) is 3.33. The van der Waals surface area contributed by atoms with E-state index in [2.05, 4.69) is 44.1 Å². The van der Waals surface area contributed by atoms with Crippen molar-refractivity contribution in [2.45, 2.75) is 37.1 Å². The van der Waals surface area contributed by atoms with Crippen LogP contribution in [0.3, 0.4) is 0 Å². The van der Waals surface area contributed by atoms with E-state index in [9.17, 15) is 0 Å². The molecule has 1 aromatic heterocycles. The monoisotopic (exact) mass is 261 g/mol. The van der Waals surface area contributed by atoms with Crippen LogP contribution in [0.25, 0.3) is 0 Å². The first-order chi connectivity index (χ1) is 8.52. The number of hydrogen-bond donors (Lipinski definition) is 1. The van der Waals surface area contributed by atoms with Crippen molar-refractivity contribution in [3.63, 3.8) is 0 Å². The second kappa shape index (κ2) is 5.06. The topological polar surface area (TPSA) is 43.8 Å². The largest absolute Gasteiger partial charge is 0.395 e. The number of aryl methyl sites for hydroxylation is 4. The van der Waals surface area contributed by atoms with E-state index in [1.807, 2.05) is 11.7 Å². The molecule has 2 N–H and O–H groups in total. The first-order valence-electron chi connectivity index (χ1n) is 6.09. The fraction of sp³-hybridized carbons (Fsp3) is 0.357. The molecular weight excluding hydrogens is 242 g/mol. The van der Waals surface area contributed by atoms with E-state index in [-0.39, 0.29) is 0 Å². The lowest BCUT2D eigenvalue weighted by molar-refractivity contribution is 0.687. The molecule has 0 radical (unpaired) electrons. The Balaban J connectivity index is 2.37. The smallest absolute Gasteiger partial charge is 0.122 e. The van der Waals surface area contributed by atoms with Gasteiger partial charge in [0.2, 0.25) is 0 Å². The number of rotatable bonds is 3. The van der Waals surface area contributed by atoms with Crippen LogP contribution in [-0.4, -0.2) is 9.78 Å². The zero-order valence-corrected chi connectivity index (χ0v) is 12.1. The molecule has 0 saturated heterocycles. The van der Waals surface area contributed by atoms with Gasteiger partial charge in [0, 0.05) is 11.9 Å². The van der Waals surface area contributed by atoms with E-state index in [1.54, 1.807) is 11.8 Å². The molecule has 18 heavy (non-hydrogen) atoms. The number of nitrogen functional groups attached to an aromatic ring is 1. The molecule has 0 saturated carbocycles. The second-order valence-electron chi connectivity index (χ2n) is 4.51. The Morgan fingerprint density at radius 3 is 2.61 bits per heavy atom. The quantitative estimate of drug-likeness (QED) is 0.921. The highest BCUT2D eigenvalue weighted by Gasteiger charge is 2.14. The molecule has 0 spiro atoms.